The van der Waals surface area contributed by atoms with E-state index in [1.54, 1.807) is 69.4 Å². The molecule has 7 heteroatoms. The standard InChI is InChI=1S/C41H47NO5Si/c1-40(2,3)46-39(45)36(32-33-24-16-13-17-25-33)42-37(43)30-22-11-9-7-8-10-12-23-31-38(44)47-48(41(4,5)6,34-26-18-14-19-27-34)35-28-20-15-21-29-35/h7-31,36H,32H2,1-6H3,(H,42,43)/b8-7+,11-9+,12-10+,30-22+,31-23+/t36-/m0/s1. The number of esters is 1. The van der Waals surface area contributed by atoms with Gasteiger partial charge in [0, 0.05) is 18.6 Å². The summed E-state index contributed by atoms with van der Waals surface area (Å²) in [5.74, 6) is -1.27. The summed E-state index contributed by atoms with van der Waals surface area (Å²) in [6.45, 7) is 11.8. The Hall–Kier alpha value is -5.01. The number of nitrogens with one attached hydrogen (secondary N) is 1. The highest BCUT2D eigenvalue weighted by molar-refractivity contribution is 7.00. The molecule has 250 valence electrons. The smallest absolute Gasteiger partial charge is 0.329 e. The molecule has 0 aliphatic carbocycles. The number of hydrogen-bond acceptors (Lipinski definition) is 5. The van der Waals surface area contributed by atoms with Crippen molar-refractivity contribution in [1.29, 1.82) is 0 Å². The van der Waals surface area contributed by atoms with Crippen molar-refractivity contribution in [2.45, 2.75) is 64.6 Å². The van der Waals surface area contributed by atoms with Crippen LogP contribution in [0.1, 0.15) is 47.1 Å². The molecular formula is C41H47NO5Si. The zero-order valence-corrected chi connectivity index (χ0v) is 29.8. The van der Waals surface area contributed by atoms with Crippen molar-refractivity contribution in [3.05, 3.63) is 157 Å². The summed E-state index contributed by atoms with van der Waals surface area (Å²) in [4.78, 5) is 38.5. The van der Waals surface area contributed by atoms with E-state index in [1.807, 2.05) is 91.0 Å². The highest BCUT2D eigenvalue weighted by atomic mass is 28.4. The first-order valence-corrected chi connectivity index (χ1v) is 18.0. The average molecular weight is 662 g/mol. The first kappa shape index (κ1) is 37.4. The third-order valence-corrected chi connectivity index (χ3v) is 12.1. The number of carbonyl (C=O) groups excluding carboxylic acids is 3. The van der Waals surface area contributed by atoms with Gasteiger partial charge in [0.1, 0.15) is 11.6 Å². The van der Waals surface area contributed by atoms with E-state index in [-0.39, 0.29) is 11.0 Å². The summed E-state index contributed by atoms with van der Waals surface area (Å²) in [6.07, 6.45) is 17.0. The number of benzene rings is 3. The molecule has 0 saturated heterocycles. The van der Waals surface area contributed by atoms with Gasteiger partial charge in [0.05, 0.1) is 0 Å². The maximum Gasteiger partial charge on any atom is 0.329 e. The lowest BCUT2D eigenvalue weighted by Gasteiger charge is -2.41. The average Bonchev–Trinajstić information content (AvgIpc) is 3.04. The molecule has 1 atom stereocenters. The zero-order valence-electron chi connectivity index (χ0n) is 28.8. The highest BCUT2D eigenvalue weighted by Gasteiger charge is 2.52. The van der Waals surface area contributed by atoms with Crippen molar-refractivity contribution in [1.82, 2.24) is 5.32 Å². The van der Waals surface area contributed by atoms with Gasteiger partial charge in [-0.1, -0.05) is 160 Å². The number of carbonyl (C=O) groups is 3. The fourth-order valence-electron chi connectivity index (χ4n) is 5.13. The Morgan fingerprint density at radius 3 is 1.54 bits per heavy atom. The Bertz CT molecular complexity index is 1590. The molecule has 0 bridgehead atoms. The van der Waals surface area contributed by atoms with Gasteiger partial charge in [0.2, 0.25) is 5.91 Å². The Balaban J connectivity index is 1.57. The number of allylic oxidation sites excluding steroid dienone is 8. The monoisotopic (exact) mass is 661 g/mol. The van der Waals surface area contributed by atoms with Gasteiger partial charge in [0.25, 0.3) is 0 Å². The van der Waals surface area contributed by atoms with Crippen molar-refractivity contribution >= 4 is 36.5 Å². The van der Waals surface area contributed by atoms with Crippen LogP contribution in [0.5, 0.6) is 0 Å². The summed E-state index contributed by atoms with van der Waals surface area (Å²) in [6, 6.07) is 28.7. The summed E-state index contributed by atoms with van der Waals surface area (Å²) < 4.78 is 12.0. The van der Waals surface area contributed by atoms with Crippen LogP contribution in [0.3, 0.4) is 0 Å². The quantitative estimate of drug-likeness (QED) is 0.0929. The number of hydrogen-bond donors (Lipinski definition) is 1. The minimum atomic E-state index is -2.96. The third-order valence-electron chi connectivity index (χ3n) is 7.22. The minimum Gasteiger partial charge on any atom is -0.506 e. The van der Waals surface area contributed by atoms with Gasteiger partial charge in [-0.2, -0.15) is 0 Å². The topological polar surface area (TPSA) is 81.7 Å². The second kappa shape index (κ2) is 17.8. The van der Waals surface area contributed by atoms with E-state index >= 15 is 0 Å². The predicted molar refractivity (Wildman–Crippen MR) is 197 cm³/mol. The number of ether oxygens (including phenoxy) is 1. The first-order valence-electron chi connectivity index (χ1n) is 16.1. The summed E-state index contributed by atoms with van der Waals surface area (Å²) in [7, 11) is -2.96. The van der Waals surface area contributed by atoms with Crippen LogP contribution in [-0.4, -0.2) is 37.8 Å². The van der Waals surface area contributed by atoms with Gasteiger partial charge >= 0.3 is 20.3 Å². The van der Waals surface area contributed by atoms with Crippen LogP contribution in [0.2, 0.25) is 5.04 Å². The van der Waals surface area contributed by atoms with Crippen LogP contribution < -0.4 is 15.7 Å². The Morgan fingerprint density at radius 2 is 1.08 bits per heavy atom. The fourth-order valence-corrected chi connectivity index (χ4v) is 9.43. The molecule has 3 aromatic rings. The van der Waals surface area contributed by atoms with Gasteiger partial charge in [-0.25, -0.2) is 9.59 Å². The lowest BCUT2D eigenvalue weighted by molar-refractivity contribution is -0.158. The Morgan fingerprint density at radius 1 is 0.646 bits per heavy atom. The Kier molecular flexibility index (Phi) is 13.9. The van der Waals surface area contributed by atoms with Crippen molar-refractivity contribution in [2.75, 3.05) is 0 Å². The molecule has 3 aromatic carbocycles. The molecule has 0 aliphatic rings. The van der Waals surface area contributed by atoms with Crippen LogP contribution >= 0.6 is 0 Å². The van der Waals surface area contributed by atoms with Gasteiger partial charge < -0.3 is 14.5 Å². The summed E-state index contributed by atoms with van der Waals surface area (Å²) in [5.41, 5.74) is 0.251. The molecule has 0 heterocycles. The SMILES string of the molecule is CC(C)(C)OC(=O)[C@H](Cc1ccccc1)NC(=O)/C=C/C=C/C=C/C=C/C=C/C(=O)O[Si](c1ccccc1)(c1ccccc1)C(C)(C)C. The van der Waals surface area contributed by atoms with Crippen LogP contribution in [-0.2, 0) is 30.0 Å². The van der Waals surface area contributed by atoms with Crippen molar-refractivity contribution in [2.24, 2.45) is 0 Å². The maximum atomic E-state index is 13.2. The molecule has 0 aliphatic heterocycles. The molecule has 0 spiro atoms. The lowest BCUT2D eigenvalue weighted by Crippen LogP contribution is -2.67. The molecule has 0 unspecified atom stereocenters. The van der Waals surface area contributed by atoms with Gasteiger partial charge in [0.15, 0.2) is 0 Å². The largest absolute Gasteiger partial charge is 0.506 e. The van der Waals surface area contributed by atoms with E-state index in [9.17, 15) is 14.4 Å². The summed E-state index contributed by atoms with van der Waals surface area (Å²) in [5, 5.41) is 4.53. The van der Waals surface area contributed by atoms with Crippen LogP contribution in [0.25, 0.3) is 0 Å². The van der Waals surface area contributed by atoms with E-state index in [1.165, 1.54) is 12.2 Å². The molecule has 0 fully saturated rings. The predicted octanol–water partition coefficient (Wildman–Crippen LogP) is 6.94. The molecule has 3 rings (SSSR count). The Labute approximate surface area is 286 Å². The highest BCUT2D eigenvalue weighted by Crippen LogP contribution is 2.36. The molecule has 6 nitrogen and oxygen atoms in total. The van der Waals surface area contributed by atoms with Crippen LogP contribution in [0.15, 0.2) is 152 Å². The molecule has 1 amide bonds. The van der Waals surface area contributed by atoms with E-state index < -0.39 is 31.8 Å². The zero-order chi connectivity index (χ0) is 35.0. The van der Waals surface area contributed by atoms with E-state index in [4.69, 9.17) is 9.16 Å². The van der Waals surface area contributed by atoms with Crippen molar-refractivity contribution in [3.63, 3.8) is 0 Å². The molecule has 0 aromatic heterocycles. The second-order valence-electron chi connectivity index (χ2n) is 13.2. The van der Waals surface area contributed by atoms with E-state index in [0.717, 1.165) is 15.9 Å². The molecule has 48 heavy (non-hydrogen) atoms. The van der Waals surface area contributed by atoms with E-state index in [0.29, 0.717) is 6.42 Å². The molecule has 1 N–H and O–H groups in total. The first-order chi connectivity index (χ1) is 22.8. The maximum absolute atomic E-state index is 13.2. The lowest BCUT2D eigenvalue weighted by atomic mass is 10.1. The van der Waals surface area contributed by atoms with Gasteiger partial charge in [-0.3, -0.25) is 4.79 Å². The van der Waals surface area contributed by atoms with Crippen molar-refractivity contribution in [3.8, 4) is 0 Å². The third kappa shape index (κ3) is 11.7. The fraction of sp³-hybridized carbons (Fsp3) is 0.244. The van der Waals surface area contributed by atoms with E-state index in [2.05, 4.69) is 26.1 Å². The number of rotatable bonds is 13. The molecule has 0 radical (unpaired) electrons. The van der Waals surface area contributed by atoms with Crippen LogP contribution in [0, 0.1) is 0 Å². The van der Waals surface area contributed by atoms with Crippen LogP contribution in [0.4, 0.5) is 0 Å². The summed E-state index contributed by atoms with van der Waals surface area (Å²) >= 11 is 0. The normalized spacial score (nSPS) is 13.5. The molecule has 0 saturated carbocycles. The second-order valence-corrected chi connectivity index (χ2v) is 17.5. The van der Waals surface area contributed by atoms with Gasteiger partial charge in [-0.15, -0.1) is 0 Å². The van der Waals surface area contributed by atoms with Gasteiger partial charge in [-0.05, 0) is 41.7 Å². The minimum absolute atomic E-state index is 0.304. The number of amides is 1. The van der Waals surface area contributed by atoms with Crippen molar-refractivity contribution < 1.29 is 23.5 Å². The molecular weight excluding hydrogens is 615 g/mol.